The molecule has 0 unspecified atom stereocenters. The molecule has 0 saturated carbocycles. The Morgan fingerprint density at radius 3 is 2.04 bits per heavy atom. The van der Waals surface area contributed by atoms with Gasteiger partial charge < -0.3 is 14.0 Å². The summed E-state index contributed by atoms with van der Waals surface area (Å²) in [7, 11) is 6.12. The molecule has 0 atom stereocenters. The van der Waals surface area contributed by atoms with Crippen LogP contribution in [0.1, 0.15) is 23.4 Å². The predicted molar refractivity (Wildman–Crippen MR) is 103 cm³/mol. The summed E-state index contributed by atoms with van der Waals surface area (Å²) in [4.78, 5) is 3.95. The first kappa shape index (κ1) is 18.4. The summed E-state index contributed by atoms with van der Waals surface area (Å²) in [6.45, 7) is 2.37. The van der Waals surface area contributed by atoms with Gasteiger partial charge in [0.1, 0.15) is 0 Å². The van der Waals surface area contributed by atoms with Gasteiger partial charge in [0, 0.05) is 25.4 Å². The van der Waals surface area contributed by atoms with E-state index in [-0.39, 0.29) is 12.1 Å². The van der Waals surface area contributed by atoms with E-state index in [0.29, 0.717) is 0 Å². The van der Waals surface area contributed by atoms with E-state index in [1.807, 2.05) is 47.2 Å². The van der Waals surface area contributed by atoms with E-state index in [2.05, 4.69) is 29.2 Å². The van der Waals surface area contributed by atoms with E-state index < -0.39 is 0 Å². The highest BCUT2D eigenvalue weighted by atomic mass is 16.7. The molecular formula is C21H23BN2O2. The Hall–Kier alpha value is -2.37. The van der Waals surface area contributed by atoms with Crippen LogP contribution in [-0.2, 0) is 16.0 Å². The number of rotatable bonds is 5. The van der Waals surface area contributed by atoms with Crippen LogP contribution in [0.3, 0.4) is 0 Å². The standard InChI is InChI=1S/C13H11B.C8H12N2O2/c14-13(11-7-3-1-4-8-11)12-9-5-2-6-10-12;1(8-11-5-6-12-8)3-10-4-2-9-7-10/h1-10,13H;2,4,7-8H,1,3,5-6H2. The Balaban J connectivity index is 0.000000152. The number of hydrogen-bond donors (Lipinski definition) is 0. The summed E-state index contributed by atoms with van der Waals surface area (Å²) in [6, 6.07) is 20.3. The number of ether oxygens (including phenoxy) is 2. The lowest BCUT2D eigenvalue weighted by Crippen LogP contribution is -2.10. The second kappa shape index (κ2) is 9.95. The Kier molecular flexibility index (Phi) is 7.05. The normalized spacial score (nSPS) is 14.2. The minimum Gasteiger partial charge on any atom is -0.350 e. The number of imidazole rings is 1. The molecule has 132 valence electrons. The number of aryl methyl sites for hydroxylation is 1. The fraction of sp³-hybridized carbons (Fsp3) is 0.286. The van der Waals surface area contributed by atoms with E-state index in [0.717, 1.165) is 37.3 Å². The van der Waals surface area contributed by atoms with Gasteiger partial charge in [0.15, 0.2) is 6.29 Å². The van der Waals surface area contributed by atoms with Gasteiger partial charge in [-0.25, -0.2) is 4.98 Å². The molecule has 0 bridgehead atoms. The molecule has 0 aliphatic carbocycles. The quantitative estimate of drug-likeness (QED) is 0.663. The number of nitrogens with zero attached hydrogens (tertiary/aromatic N) is 2. The second-order valence-electron chi connectivity index (χ2n) is 6.06. The van der Waals surface area contributed by atoms with Gasteiger partial charge in [-0.3, -0.25) is 0 Å². The minimum absolute atomic E-state index is 0.00704. The first-order chi connectivity index (χ1) is 12.8. The fourth-order valence-corrected chi connectivity index (χ4v) is 2.76. The fourth-order valence-electron chi connectivity index (χ4n) is 2.76. The van der Waals surface area contributed by atoms with Gasteiger partial charge in [-0.05, 0) is 16.9 Å². The monoisotopic (exact) mass is 346 g/mol. The van der Waals surface area contributed by atoms with E-state index in [4.69, 9.17) is 17.3 Å². The third-order valence-electron chi connectivity index (χ3n) is 4.19. The zero-order chi connectivity index (χ0) is 18.0. The average Bonchev–Trinajstić information content (AvgIpc) is 3.41. The summed E-state index contributed by atoms with van der Waals surface area (Å²) in [5, 5.41) is 0. The first-order valence-electron chi connectivity index (χ1n) is 8.87. The highest BCUT2D eigenvalue weighted by Gasteiger charge is 2.14. The molecule has 0 amide bonds. The zero-order valence-electron chi connectivity index (χ0n) is 14.8. The SMILES string of the molecule is [B]C(c1ccccc1)c1ccccc1.c1cn(CCC2OCCO2)cn1. The molecule has 4 rings (SSSR count). The van der Waals surface area contributed by atoms with Crippen molar-refractivity contribution in [3.8, 4) is 0 Å². The van der Waals surface area contributed by atoms with Crippen LogP contribution in [0.4, 0.5) is 0 Å². The number of hydrogen-bond acceptors (Lipinski definition) is 3. The molecule has 2 radical (unpaired) electrons. The van der Waals surface area contributed by atoms with Crippen molar-refractivity contribution in [3.05, 3.63) is 90.5 Å². The van der Waals surface area contributed by atoms with Crippen LogP contribution >= 0.6 is 0 Å². The first-order valence-corrected chi connectivity index (χ1v) is 8.87. The van der Waals surface area contributed by atoms with Gasteiger partial charge in [-0.1, -0.05) is 60.7 Å². The highest BCUT2D eigenvalue weighted by molar-refractivity contribution is 6.14. The second-order valence-corrected chi connectivity index (χ2v) is 6.06. The largest absolute Gasteiger partial charge is 0.350 e. The molecule has 2 aromatic carbocycles. The van der Waals surface area contributed by atoms with Crippen molar-refractivity contribution in [2.75, 3.05) is 13.2 Å². The Labute approximate surface area is 156 Å². The van der Waals surface area contributed by atoms with Crippen molar-refractivity contribution in [3.63, 3.8) is 0 Å². The zero-order valence-corrected chi connectivity index (χ0v) is 14.8. The van der Waals surface area contributed by atoms with Crippen LogP contribution in [0.25, 0.3) is 0 Å². The maximum Gasteiger partial charge on any atom is 0.159 e. The van der Waals surface area contributed by atoms with Crippen LogP contribution in [0.15, 0.2) is 79.4 Å². The van der Waals surface area contributed by atoms with Crippen molar-refractivity contribution in [1.82, 2.24) is 9.55 Å². The van der Waals surface area contributed by atoms with Crippen molar-refractivity contribution in [2.24, 2.45) is 0 Å². The molecule has 1 aliphatic heterocycles. The van der Waals surface area contributed by atoms with Crippen LogP contribution in [-0.4, -0.2) is 36.9 Å². The maximum atomic E-state index is 6.12. The number of benzene rings is 2. The van der Waals surface area contributed by atoms with E-state index in [1.54, 1.807) is 12.5 Å². The van der Waals surface area contributed by atoms with Gasteiger partial charge >= 0.3 is 0 Å². The van der Waals surface area contributed by atoms with Gasteiger partial charge in [-0.15, -0.1) is 0 Å². The lowest BCUT2D eigenvalue weighted by molar-refractivity contribution is -0.0490. The average molecular weight is 346 g/mol. The van der Waals surface area contributed by atoms with Crippen molar-refractivity contribution in [1.29, 1.82) is 0 Å². The van der Waals surface area contributed by atoms with Gasteiger partial charge in [-0.2, -0.15) is 0 Å². The molecule has 1 aromatic heterocycles. The molecule has 1 saturated heterocycles. The summed E-state index contributed by atoms with van der Waals surface area (Å²) < 4.78 is 12.6. The van der Waals surface area contributed by atoms with Gasteiger partial charge in [0.2, 0.25) is 0 Å². The molecule has 2 heterocycles. The molecule has 26 heavy (non-hydrogen) atoms. The molecule has 0 spiro atoms. The van der Waals surface area contributed by atoms with E-state index >= 15 is 0 Å². The molecular weight excluding hydrogens is 323 g/mol. The van der Waals surface area contributed by atoms with Gasteiger partial charge in [0.25, 0.3) is 0 Å². The number of aromatic nitrogens is 2. The summed E-state index contributed by atoms with van der Waals surface area (Å²) in [6.07, 6.45) is 6.41. The molecule has 1 aliphatic rings. The van der Waals surface area contributed by atoms with E-state index in [1.165, 1.54) is 0 Å². The van der Waals surface area contributed by atoms with Crippen molar-refractivity contribution in [2.45, 2.75) is 25.1 Å². The van der Waals surface area contributed by atoms with Crippen molar-refractivity contribution >= 4 is 7.85 Å². The van der Waals surface area contributed by atoms with E-state index in [9.17, 15) is 0 Å². The van der Waals surface area contributed by atoms with Crippen LogP contribution < -0.4 is 0 Å². The molecule has 0 N–H and O–H groups in total. The Morgan fingerprint density at radius 2 is 1.54 bits per heavy atom. The lowest BCUT2D eigenvalue weighted by atomic mass is 9.76. The van der Waals surface area contributed by atoms with Crippen LogP contribution in [0.2, 0.25) is 0 Å². The van der Waals surface area contributed by atoms with Gasteiger partial charge in [0.05, 0.1) is 27.4 Å². The summed E-state index contributed by atoms with van der Waals surface area (Å²) >= 11 is 0. The Bertz CT molecular complexity index is 690. The predicted octanol–water partition coefficient (Wildman–Crippen LogP) is 3.59. The molecule has 1 fully saturated rings. The van der Waals surface area contributed by atoms with Crippen LogP contribution in [0, 0.1) is 0 Å². The Morgan fingerprint density at radius 1 is 0.962 bits per heavy atom. The maximum absolute atomic E-state index is 6.12. The third-order valence-corrected chi connectivity index (χ3v) is 4.19. The third kappa shape index (κ3) is 5.58. The molecule has 5 heteroatoms. The molecule has 4 nitrogen and oxygen atoms in total. The highest BCUT2D eigenvalue weighted by Crippen LogP contribution is 2.20. The lowest BCUT2D eigenvalue weighted by Gasteiger charge is -2.12. The smallest absolute Gasteiger partial charge is 0.159 e. The topological polar surface area (TPSA) is 36.3 Å². The summed E-state index contributed by atoms with van der Waals surface area (Å²) in [5.41, 5.74) is 2.30. The minimum atomic E-state index is -0.0163. The van der Waals surface area contributed by atoms with Crippen LogP contribution in [0.5, 0.6) is 0 Å². The van der Waals surface area contributed by atoms with Crippen molar-refractivity contribution < 1.29 is 9.47 Å². The molecule has 3 aromatic rings. The summed E-state index contributed by atoms with van der Waals surface area (Å²) in [5.74, 6) is -0.0163.